The van der Waals surface area contributed by atoms with Crippen molar-refractivity contribution in [1.29, 1.82) is 0 Å². The molecule has 1 aromatic carbocycles. The number of fused-ring (bicyclic) bond motifs is 1. The number of halogens is 1. The molecule has 0 saturated carbocycles. The molecule has 1 nitrogen and oxygen atoms in total. The van der Waals surface area contributed by atoms with Gasteiger partial charge in [-0.25, -0.2) is 4.39 Å². The van der Waals surface area contributed by atoms with Crippen molar-refractivity contribution in [2.75, 3.05) is 0 Å². The molecule has 0 atom stereocenters. The van der Waals surface area contributed by atoms with Gasteiger partial charge in [0.2, 0.25) is 0 Å². The predicted octanol–water partition coefficient (Wildman–Crippen LogP) is 2.93. The molecule has 68 valence electrons. The van der Waals surface area contributed by atoms with E-state index in [0.717, 1.165) is 22.2 Å². The summed E-state index contributed by atoms with van der Waals surface area (Å²) in [4.78, 5) is 0. The van der Waals surface area contributed by atoms with E-state index < -0.39 is 0 Å². The lowest BCUT2D eigenvalue weighted by atomic mass is 10.1. The fourth-order valence-corrected chi connectivity index (χ4v) is 1.76. The highest BCUT2D eigenvalue weighted by molar-refractivity contribution is 5.84. The van der Waals surface area contributed by atoms with E-state index in [1.54, 1.807) is 0 Å². The van der Waals surface area contributed by atoms with Crippen LogP contribution in [-0.4, -0.2) is 4.57 Å². The molecule has 13 heavy (non-hydrogen) atoms. The summed E-state index contributed by atoms with van der Waals surface area (Å²) < 4.78 is 15.4. The van der Waals surface area contributed by atoms with Gasteiger partial charge < -0.3 is 4.57 Å². The molecule has 2 aromatic rings. The summed E-state index contributed by atoms with van der Waals surface area (Å²) in [5.74, 6) is -0.135. The van der Waals surface area contributed by atoms with E-state index in [1.807, 2.05) is 37.6 Å². The van der Waals surface area contributed by atoms with Gasteiger partial charge in [-0.1, -0.05) is 6.07 Å². The minimum atomic E-state index is -0.135. The highest BCUT2D eigenvalue weighted by Gasteiger charge is 2.08. The highest BCUT2D eigenvalue weighted by Crippen LogP contribution is 2.24. The average Bonchev–Trinajstić information content (AvgIpc) is 2.38. The van der Waals surface area contributed by atoms with Gasteiger partial charge in [0.25, 0.3) is 0 Å². The Bertz CT molecular complexity index is 468. The quantitative estimate of drug-likeness (QED) is 0.583. The minimum Gasteiger partial charge on any atom is -0.348 e. The van der Waals surface area contributed by atoms with E-state index in [-0.39, 0.29) is 5.82 Å². The molecule has 0 bridgehead atoms. The van der Waals surface area contributed by atoms with Crippen LogP contribution in [0.4, 0.5) is 4.39 Å². The van der Waals surface area contributed by atoms with Crippen LogP contribution in [0.5, 0.6) is 0 Å². The van der Waals surface area contributed by atoms with Crippen LogP contribution in [0.15, 0.2) is 18.2 Å². The van der Waals surface area contributed by atoms with Gasteiger partial charge >= 0.3 is 0 Å². The maximum absolute atomic E-state index is 13.3. The summed E-state index contributed by atoms with van der Waals surface area (Å²) in [7, 11) is 1.96. The SMILES string of the molecule is Cc1ccc(F)c2cc(C)n(C)c12. The summed E-state index contributed by atoms with van der Waals surface area (Å²) in [5, 5.41) is 0.722. The zero-order valence-electron chi connectivity index (χ0n) is 8.06. The second-order valence-electron chi connectivity index (χ2n) is 3.47. The minimum absolute atomic E-state index is 0.135. The maximum atomic E-state index is 13.3. The van der Waals surface area contributed by atoms with Crippen molar-refractivity contribution in [2.24, 2.45) is 7.05 Å². The van der Waals surface area contributed by atoms with Gasteiger partial charge in [0, 0.05) is 18.1 Å². The standard InChI is InChI=1S/C11H12FN/c1-7-4-5-10(12)9-6-8(2)13(3)11(7)9/h4-6H,1-3H3. The Balaban J connectivity index is 3.00. The highest BCUT2D eigenvalue weighted by atomic mass is 19.1. The van der Waals surface area contributed by atoms with Crippen molar-refractivity contribution in [1.82, 2.24) is 4.57 Å². The van der Waals surface area contributed by atoms with Crippen LogP contribution < -0.4 is 0 Å². The van der Waals surface area contributed by atoms with Crippen molar-refractivity contribution in [3.63, 3.8) is 0 Å². The molecule has 0 spiro atoms. The van der Waals surface area contributed by atoms with Crippen LogP contribution in [0, 0.1) is 19.7 Å². The van der Waals surface area contributed by atoms with E-state index in [4.69, 9.17) is 0 Å². The molecule has 0 N–H and O–H groups in total. The van der Waals surface area contributed by atoms with Crippen molar-refractivity contribution in [3.8, 4) is 0 Å². The van der Waals surface area contributed by atoms with Gasteiger partial charge in [-0.15, -0.1) is 0 Å². The van der Waals surface area contributed by atoms with Crippen LogP contribution >= 0.6 is 0 Å². The van der Waals surface area contributed by atoms with Crippen molar-refractivity contribution < 1.29 is 4.39 Å². The molecule has 0 amide bonds. The fourth-order valence-electron chi connectivity index (χ4n) is 1.76. The van der Waals surface area contributed by atoms with E-state index in [0.29, 0.717) is 0 Å². The second kappa shape index (κ2) is 2.59. The molecule has 2 heteroatoms. The van der Waals surface area contributed by atoms with Gasteiger partial charge in [0.05, 0.1) is 5.52 Å². The van der Waals surface area contributed by atoms with Crippen LogP contribution in [0.1, 0.15) is 11.3 Å². The van der Waals surface area contributed by atoms with E-state index in [2.05, 4.69) is 0 Å². The van der Waals surface area contributed by atoms with Gasteiger partial charge in [-0.2, -0.15) is 0 Å². The molecule has 0 aliphatic rings. The largest absolute Gasteiger partial charge is 0.348 e. The molecule has 0 saturated heterocycles. The first-order valence-electron chi connectivity index (χ1n) is 4.32. The first-order valence-corrected chi connectivity index (χ1v) is 4.32. The Hall–Kier alpha value is -1.31. The summed E-state index contributed by atoms with van der Waals surface area (Å²) in [6.07, 6.45) is 0. The first-order chi connectivity index (χ1) is 6.11. The van der Waals surface area contributed by atoms with Gasteiger partial charge in [0.1, 0.15) is 5.82 Å². The predicted molar refractivity (Wildman–Crippen MR) is 52.4 cm³/mol. The van der Waals surface area contributed by atoms with Crippen LogP contribution in [-0.2, 0) is 7.05 Å². The third kappa shape index (κ3) is 1.05. The van der Waals surface area contributed by atoms with E-state index >= 15 is 0 Å². The number of hydrogen-bond acceptors (Lipinski definition) is 0. The lowest BCUT2D eigenvalue weighted by molar-refractivity contribution is 0.639. The zero-order chi connectivity index (χ0) is 9.59. The summed E-state index contributed by atoms with van der Waals surface area (Å²) in [6.45, 7) is 3.99. The van der Waals surface area contributed by atoms with Gasteiger partial charge in [0.15, 0.2) is 0 Å². The topological polar surface area (TPSA) is 4.93 Å². The Kier molecular flexibility index (Phi) is 1.65. The zero-order valence-corrected chi connectivity index (χ0v) is 8.06. The molecule has 2 rings (SSSR count). The number of hydrogen-bond donors (Lipinski definition) is 0. The van der Waals surface area contributed by atoms with Crippen LogP contribution in [0.3, 0.4) is 0 Å². The summed E-state index contributed by atoms with van der Waals surface area (Å²) in [6, 6.07) is 5.23. The van der Waals surface area contributed by atoms with E-state index in [1.165, 1.54) is 6.07 Å². The average molecular weight is 177 g/mol. The van der Waals surface area contributed by atoms with Gasteiger partial charge in [-0.3, -0.25) is 0 Å². The van der Waals surface area contributed by atoms with Crippen LogP contribution in [0.2, 0.25) is 0 Å². The number of rotatable bonds is 0. The molecule has 1 aromatic heterocycles. The smallest absolute Gasteiger partial charge is 0.132 e. The Morgan fingerprint density at radius 2 is 1.92 bits per heavy atom. The molecule has 0 unspecified atom stereocenters. The molecular weight excluding hydrogens is 165 g/mol. The van der Waals surface area contributed by atoms with Crippen LogP contribution in [0.25, 0.3) is 10.9 Å². The number of aromatic nitrogens is 1. The monoisotopic (exact) mass is 177 g/mol. The summed E-state index contributed by atoms with van der Waals surface area (Å²) in [5.41, 5.74) is 3.20. The third-order valence-corrected chi connectivity index (χ3v) is 2.58. The molecule has 0 aliphatic heterocycles. The number of nitrogens with zero attached hydrogens (tertiary/aromatic N) is 1. The van der Waals surface area contributed by atoms with Crippen molar-refractivity contribution >= 4 is 10.9 Å². The number of aryl methyl sites for hydroxylation is 3. The molecule has 0 radical (unpaired) electrons. The Morgan fingerprint density at radius 1 is 1.23 bits per heavy atom. The second-order valence-corrected chi connectivity index (χ2v) is 3.47. The first kappa shape index (κ1) is 8.30. The third-order valence-electron chi connectivity index (χ3n) is 2.58. The molecule has 0 fully saturated rings. The molecule has 1 heterocycles. The fraction of sp³-hybridized carbons (Fsp3) is 0.273. The van der Waals surface area contributed by atoms with Crippen molar-refractivity contribution in [2.45, 2.75) is 13.8 Å². The maximum Gasteiger partial charge on any atom is 0.132 e. The molecule has 0 aliphatic carbocycles. The Morgan fingerprint density at radius 3 is 2.54 bits per heavy atom. The van der Waals surface area contributed by atoms with Gasteiger partial charge in [-0.05, 0) is 31.5 Å². The lowest BCUT2D eigenvalue weighted by Gasteiger charge is -2.02. The summed E-state index contributed by atoms with van der Waals surface area (Å²) >= 11 is 0. The molecular formula is C11H12FN. The van der Waals surface area contributed by atoms with Crippen molar-refractivity contribution in [3.05, 3.63) is 35.3 Å². The van der Waals surface area contributed by atoms with E-state index in [9.17, 15) is 4.39 Å². The Labute approximate surface area is 76.8 Å². The normalized spacial score (nSPS) is 11.1. The number of benzene rings is 1. The lowest BCUT2D eigenvalue weighted by Crippen LogP contribution is -1.91.